The molecule has 0 radical (unpaired) electrons. The molecule has 0 aliphatic rings. The summed E-state index contributed by atoms with van der Waals surface area (Å²) in [5.41, 5.74) is 5.70. The highest BCUT2D eigenvalue weighted by Crippen LogP contribution is 2.26. The van der Waals surface area contributed by atoms with Crippen molar-refractivity contribution in [1.82, 2.24) is 4.90 Å². The summed E-state index contributed by atoms with van der Waals surface area (Å²) in [6, 6.07) is 11.0. The van der Waals surface area contributed by atoms with Gasteiger partial charge in [-0.15, -0.1) is 0 Å². The first-order valence-corrected chi connectivity index (χ1v) is 7.58. The Labute approximate surface area is 132 Å². The molecular weight excluding hydrogens is 275 g/mol. The summed E-state index contributed by atoms with van der Waals surface area (Å²) in [7, 11) is 2.01. The van der Waals surface area contributed by atoms with Gasteiger partial charge in [0, 0.05) is 13.6 Å². The van der Waals surface area contributed by atoms with Crippen molar-refractivity contribution in [3.8, 4) is 0 Å². The number of hydrogen-bond donors (Lipinski definition) is 0. The Kier molecular flexibility index (Phi) is 5.31. The van der Waals surface area contributed by atoms with E-state index in [-0.39, 0.29) is 5.82 Å². The van der Waals surface area contributed by atoms with E-state index in [0.29, 0.717) is 0 Å². The average Bonchev–Trinajstić information content (AvgIpc) is 2.50. The SMILES string of the molecule is CCN(C)/C=N/c1cc(C)cc(Cc2ccc(F)cc2)c1C. The third-order valence-electron chi connectivity index (χ3n) is 3.83. The normalized spacial score (nSPS) is 11.1. The van der Waals surface area contributed by atoms with Gasteiger partial charge in [0.25, 0.3) is 0 Å². The minimum atomic E-state index is -0.197. The van der Waals surface area contributed by atoms with E-state index >= 15 is 0 Å². The van der Waals surface area contributed by atoms with Gasteiger partial charge < -0.3 is 4.90 Å². The van der Waals surface area contributed by atoms with Gasteiger partial charge in [-0.3, -0.25) is 0 Å². The second-order valence-corrected chi connectivity index (χ2v) is 5.69. The molecule has 0 unspecified atom stereocenters. The number of rotatable bonds is 5. The molecule has 0 amide bonds. The molecule has 0 aliphatic heterocycles. The molecule has 0 saturated heterocycles. The summed E-state index contributed by atoms with van der Waals surface area (Å²) in [6.07, 6.45) is 2.66. The van der Waals surface area contributed by atoms with Crippen LogP contribution < -0.4 is 0 Å². The van der Waals surface area contributed by atoms with Crippen molar-refractivity contribution in [1.29, 1.82) is 0 Å². The fraction of sp³-hybridized carbons (Fsp3) is 0.316. The second kappa shape index (κ2) is 7.21. The number of benzene rings is 2. The third-order valence-corrected chi connectivity index (χ3v) is 3.83. The summed E-state index contributed by atoms with van der Waals surface area (Å²) in [5, 5.41) is 0. The summed E-state index contributed by atoms with van der Waals surface area (Å²) >= 11 is 0. The van der Waals surface area contributed by atoms with E-state index in [1.54, 1.807) is 0 Å². The van der Waals surface area contributed by atoms with E-state index < -0.39 is 0 Å². The van der Waals surface area contributed by atoms with Crippen LogP contribution in [0.25, 0.3) is 0 Å². The minimum absolute atomic E-state index is 0.197. The summed E-state index contributed by atoms with van der Waals surface area (Å²) in [5.74, 6) is -0.197. The van der Waals surface area contributed by atoms with Crippen molar-refractivity contribution in [3.63, 3.8) is 0 Å². The van der Waals surface area contributed by atoms with Gasteiger partial charge in [0.05, 0.1) is 12.0 Å². The van der Waals surface area contributed by atoms with Crippen LogP contribution >= 0.6 is 0 Å². The van der Waals surface area contributed by atoms with Crippen LogP contribution in [-0.2, 0) is 6.42 Å². The van der Waals surface area contributed by atoms with Crippen molar-refractivity contribution in [2.75, 3.05) is 13.6 Å². The standard InChI is InChI=1S/C19H23FN2/c1-5-22(4)13-21-19-11-14(2)10-17(15(19)3)12-16-6-8-18(20)9-7-16/h6-11,13H,5,12H2,1-4H3/b21-13+. The van der Waals surface area contributed by atoms with Crippen LogP contribution in [0.2, 0.25) is 0 Å². The molecule has 0 heterocycles. The van der Waals surface area contributed by atoms with Crippen LogP contribution in [-0.4, -0.2) is 24.8 Å². The smallest absolute Gasteiger partial charge is 0.123 e. The molecule has 2 nitrogen and oxygen atoms in total. The predicted molar refractivity (Wildman–Crippen MR) is 91.6 cm³/mol. The molecule has 0 saturated carbocycles. The molecule has 0 aromatic heterocycles. The lowest BCUT2D eigenvalue weighted by molar-refractivity contribution is 0.552. The molecule has 0 atom stereocenters. The van der Waals surface area contributed by atoms with E-state index in [9.17, 15) is 4.39 Å². The zero-order chi connectivity index (χ0) is 16.1. The molecular formula is C19H23FN2. The summed E-state index contributed by atoms with van der Waals surface area (Å²) in [6.45, 7) is 7.19. The van der Waals surface area contributed by atoms with E-state index in [1.807, 2.05) is 30.4 Å². The topological polar surface area (TPSA) is 15.6 Å². The van der Waals surface area contributed by atoms with Crippen molar-refractivity contribution in [3.05, 3.63) is 64.5 Å². The highest BCUT2D eigenvalue weighted by Gasteiger charge is 2.06. The Morgan fingerprint density at radius 3 is 2.45 bits per heavy atom. The molecule has 3 heteroatoms. The van der Waals surface area contributed by atoms with Crippen molar-refractivity contribution in [2.24, 2.45) is 4.99 Å². The third kappa shape index (κ3) is 4.17. The number of nitrogens with zero attached hydrogens (tertiary/aromatic N) is 2. The molecule has 2 aromatic carbocycles. The van der Waals surface area contributed by atoms with Crippen LogP contribution in [0.4, 0.5) is 10.1 Å². The van der Waals surface area contributed by atoms with E-state index in [4.69, 9.17) is 0 Å². The Morgan fingerprint density at radius 1 is 1.14 bits per heavy atom. The quantitative estimate of drug-likeness (QED) is 0.580. The number of hydrogen-bond acceptors (Lipinski definition) is 1. The number of aryl methyl sites for hydroxylation is 1. The molecule has 22 heavy (non-hydrogen) atoms. The van der Waals surface area contributed by atoms with Gasteiger partial charge in [0.1, 0.15) is 5.82 Å². The van der Waals surface area contributed by atoms with Crippen LogP contribution in [0.1, 0.15) is 29.2 Å². The summed E-state index contributed by atoms with van der Waals surface area (Å²) in [4.78, 5) is 6.64. The van der Waals surface area contributed by atoms with Crippen LogP contribution in [0.3, 0.4) is 0 Å². The second-order valence-electron chi connectivity index (χ2n) is 5.69. The van der Waals surface area contributed by atoms with Gasteiger partial charge in [-0.1, -0.05) is 18.2 Å². The Morgan fingerprint density at radius 2 is 1.82 bits per heavy atom. The fourth-order valence-electron chi connectivity index (χ4n) is 2.30. The Hall–Kier alpha value is -2.16. The fourth-order valence-corrected chi connectivity index (χ4v) is 2.30. The Bertz CT molecular complexity index is 660. The van der Waals surface area contributed by atoms with Gasteiger partial charge in [-0.05, 0) is 67.6 Å². The first-order chi connectivity index (χ1) is 10.5. The van der Waals surface area contributed by atoms with Crippen molar-refractivity contribution in [2.45, 2.75) is 27.2 Å². The van der Waals surface area contributed by atoms with Crippen molar-refractivity contribution < 1.29 is 4.39 Å². The van der Waals surface area contributed by atoms with Crippen LogP contribution in [0.5, 0.6) is 0 Å². The van der Waals surface area contributed by atoms with E-state index in [1.165, 1.54) is 28.8 Å². The van der Waals surface area contributed by atoms with Crippen LogP contribution in [0.15, 0.2) is 41.4 Å². The lowest BCUT2D eigenvalue weighted by Crippen LogP contribution is -2.14. The molecule has 2 rings (SSSR count). The van der Waals surface area contributed by atoms with Gasteiger partial charge in [-0.25, -0.2) is 9.38 Å². The highest BCUT2D eigenvalue weighted by molar-refractivity contribution is 5.64. The monoisotopic (exact) mass is 298 g/mol. The molecule has 2 aromatic rings. The van der Waals surface area contributed by atoms with E-state index in [0.717, 1.165) is 24.2 Å². The predicted octanol–water partition coefficient (Wildman–Crippen LogP) is 4.64. The zero-order valence-corrected chi connectivity index (χ0v) is 13.7. The maximum Gasteiger partial charge on any atom is 0.123 e. The lowest BCUT2D eigenvalue weighted by Gasteiger charge is -2.12. The maximum atomic E-state index is 13.0. The zero-order valence-electron chi connectivity index (χ0n) is 13.7. The highest BCUT2D eigenvalue weighted by atomic mass is 19.1. The van der Waals surface area contributed by atoms with Crippen molar-refractivity contribution >= 4 is 12.0 Å². The first kappa shape index (κ1) is 16.2. The van der Waals surface area contributed by atoms with Gasteiger partial charge in [-0.2, -0.15) is 0 Å². The number of halogens is 1. The molecule has 0 fully saturated rings. The van der Waals surface area contributed by atoms with Gasteiger partial charge in [0.2, 0.25) is 0 Å². The molecule has 116 valence electrons. The molecule has 0 spiro atoms. The summed E-state index contributed by atoms with van der Waals surface area (Å²) < 4.78 is 13.0. The van der Waals surface area contributed by atoms with Crippen LogP contribution in [0, 0.1) is 19.7 Å². The maximum absolute atomic E-state index is 13.0. The minimum Gasteiger partial charge on any atom is -0.366 e. The molecule has 0 aliphatic carbocycles. The number of aliphatic imine (C=N–C) groups is 1. The lowest BCUT2D eigenvalue weighted by atomic mass is 9.97. The average molecular weight is 298 g/mol. The molecule has 0 N–H and O–H groups in total. The van der Waals surface area contributed by atoms with E-state index in [2.05, 4.69) is 37.9 Å². The Balaban J connectivity index is 2.30. The first-order valence-electron chi connectivity index (χ1n) is 7.58. The largest absolute Gasteiger partial charge is 0.366 e. The molecule has 0 bridgehead atoms. The van der Waals surface area contributed by atoms with Gasteiger partial charge >= 0.3 is 0 Å². The van der Waals surface area contributed by atoms with Gasteiger partial charge in [0.15, 0.2) is 0 Å².